The van der Waals surface area contributed by atoms with Gasteiger partial charge in [0.2, 0.25) is 0 Å². The summed E-state index contributed by atoms with van der Waals surface area (Å²) >= 11 is 0. The molecule has 1 saturated heterocycles. The molecule has 6 heteroatoms. The molecule has 4 N–H and O–H groups in total. The Morgan fingerprint density at radius 1 is 0.774 bits per heavy atom. The van der Waals surface area contributed by atoms with Crippen LogP contribution in [0.5, 0.6) is 0 Å². The van der Waals surface area contributed by atoms with Crippen LogP contribution in [0, 0.1) is 11.6 Å². The SMILES string of the molecule is C1CCNC1.CN.CNC(=O)c1cc(-c2ccc(F)cc2)cc(-c2ccc(F)cc2)c1. The average molecular weight is 426 g/mol. The first-order valence-corrected chi connectivity index (χ1v) is 10.2. The fourth-order valence-corrected chi connectivity index (χ4v) is 3.15. The second-order valence-electron chi connectivity index (χ2n) is 6.85. The van der Waals surface area contributed by atoms with E-state index >= 15 is 0 Å². The molecule has 1 aliphatic heterocycles. The third-order valence-electron chi connectivity index (χ3n) is 4.73. The van der Waals surface area contributed by atoms with Gasteiger partial charge < -0.3 is 16.4 Å². The Balaban J connectivity index is 0.000000420. The molecule has 4 rings (SSSR count). The molecule has 3 aromatic rings. The predicted molar refractivity (Wildman–Crippen MR) is 123 cm³/mol. The number of rotatable bonds is 3. The maximum Gasteiger partial charge on any atom is 0.251 e. The van der Waals surface area contributed by atoms with Crippen LogP contribution in [0.1, 0.15) is 23.2 Å². The molecule has 0 radical (unpaired) electrons. The van der Waals surface area contributed by atoms with Gasteiger partial charge in [-0.05, 0) is 97.7 Å². The van der Waals surface area contributed by atoms with Gasteiger partial charge in [-0.3, -0.25) is 4.79 Å². The number of benzene rings is 3. The normalized spacial score (nSPS) is 12.2. The van der Waals surface area contributed by atoms with Gasteiger partial charge in [0.25, 0.3) is 5.91 Å². The third-order valence-corrected chi connectivity index (χ3v) is 4.73. The lowest BCUT2D eigenvalue weighted by Crippen LogP contribution is -2.17. The van der Waals surface area contributed by atoms with Crippen molar-refractivity contribution in [2.24, 2.45) is 5.73 Å². The highest BCUT2D eigenvalue weighted by molar-refractivity contribution is 5.97. The van der Waals surface area contributed by atoms with Gasteiger partial charge in [-0.25, -0.2) is 8.78 Å². The highest BCUT2D eigenvalue weighted by atomic mass is 19.1. The van der Waals surface area contributed by atoms with Crippen molar-refractivity contribution in [2.75, 3.05) is 27.2 Å². The number of carbonyl (C=O) groups excluding carboxylic acids is 1. The molecule has 1 fully saturated rings. The summed E-state index contributed by atoms with van der Waals surface area (Å²) in [6.07, 6.45) is 2.78. The summed E-state index contributed by atoms with van der Waals surface area (Å²) in [7, 11) is 3.06. The van der Waals surface area contributed by atoms with Gasteiger partial charge in [0.05, 0.1) is 0 Å². The number of nitrogens with two attached hydrogens (primary N) is 1. The molecule has 164 valence electrons. The van der Waals surface area contributed by atoms with Crippen LogP contribution in [-0.4, -0.2) is 33.1 Å². The second kappa shape index (κ2) is 12.6. The molecular formula is C25H29F2N3O. The molecule has 0 spiro atoms. The first-order valence-electron chi connectivity index (χ1n) is 10.2. The minimum atomic E-state index is -0.319. The Labute approximate surface area is 182 Å². The molecular weight excluding hydrogens is 396 g/mol. The molecule has 0 bridgehead atoms. The summed E-state index contributed by atoms with van der Waals surface area (Å²) in [5.41, 5.74) is 8.15. The largest absolute Gasteiger partial charge is 0.355 e. The molecule has 0 unspecified atom stereocenters. The van der Waals surface area contributed by atoms with E-state index in [0.29, 0.717) is 5.56 Å². The molecule has 1 aliphatic rings. The van der Waals surface area contributed by atoms with Crippen molar-refractivity contribution in [3.63, 3.8) is 0 Å². The van der Waals surface area contributed by atoms with E-state index in [4.69, 9.17) is 0 Å². The summed E-state index contributed by atoms with van der Waals surface area (Å²) < 4.78 is 26.3. The molecule has 4 nitrogen and oxygen atoms in total. The van der Waals surface area contributed by atoms with Crippen LogP contribution in [0.4, 0.5) is 8.78 Å². The zero-order chi connectivity index (χ0) is 22.6. The molecule has 0 saturated carbocycles. The van der Waals surface area contributed by atoms with E-state index in [1.165, 1.54) is 57.2 Å². The average Bonchev–Trinajstić information content (AvgIpc) is 3.41. The van der Waals surface area contributed by atoms with Gasteiger partial charge >= 0.3 is 0 Å². The van der Waals surface area contributed by atoms with Gasteiger partial charge in [-0.1, -0.05) is 24.3 Å². The molecule has 0 aliphatic carbocycles. The number of amides is 1. The number of carbonyl (C=O) groups is 1. The van der Waals surface area contributed by atoms with Crippen molar-refractivity contribution in [2.45, 2.75) is 12.8 Å². The number of halogens is 2. The van der Waals surface area contributed by atoms with Crippen molar-refractivity contribution in [1.29, 1.82) is 0 Å². The van der Waals surface area contributed by atoms with Crippen LogP contribution in [0.3, 0.4) is 0 Å². The topological polar surface area (TPSA) is 67.2 Å². The van der Waals surface area contributed by atoms with E-state index in [0.717, 1.165) is 22.3 Å². The standard InChI is InChI=1S/C20H15F2NO.C4H9N.CH5N/c1-23-20(24)17-11-15(13-2-6-18(21)7-3-13)10-16(12-17)14-4-8-19(22)9-5-14;1-2-4-5-3-1;1-2/h2-12H,1H3,(H,23,24);5H,1-4H2;2H2,1H3. The lowest BCUT2D eigenvalue weighted by Gasteiger charge is -2.10. The second-order valence-corrected chi connectivity index (χ2v) is 6.85. The number of hydrogen-bond acceptors (Lipinski definition) is 3. The third kappa shape index (κ3) is 7.27. The smallest absolute Gasteiger partial charge is 0.251 e. The van der Waals surface area contributed by atoms with E-state index in [2.05, 4.69) is 16.4 Å². The summed E-state index contributed by atoms with van der Waals surface area (Å²) in [5.74, 6) is -0.859. The van der Waals surface area contributed by atoms with Crippen molar-refractivity contribution in [3.8, 4) is 22.3 Å². The number of nitrogens with one attached hydrogen (secondary N) is 2. The monoisotopic (exact) mass is 425 g/mol. The van der Waals surface area contributed by atoms with E-state index in [1.807, 2.05) is 6.07 Å². The maximum absolute atomic E-state index is 13.1. The summed E-state index contributed by atoms with van der Waals surface area (Å²) in [5, 5.41) is 5.82. The number of hydrogen-bond donors (Lipinski definition) is 3. The minimum absolute atomic E-state index is 0.220. The summed E-state index contributed by atoms with van der Waals surface area (Å²) in [4.78, 5) is 12.1. The van der Waals surface area contributed by atoms with Crippen LogP contribution < -0.4 is 16.4 Å². The molecule has 3 aromatic carbocycles. The van der Waals surface area contributed by atoms with Crippen molar-refractivity contribution < 1.29 is 13.6 Å². The first kappa shape index (κ1) is 24.2. The van der Waals surface area contributed by atoms with Crippen LogP contribution in [0.25, 0.3) is 22.3 Å². The van der Waals surface area contributed by atoms with Crippen molar-refractivity contribution in [3.05, 3.63) is 83.9 Å². The van der Waals surface area contributed by atoms with Crippen LogP contribution >= 0.6 is 0 Å². The van der Waals surface area contributed by atoms with Crippen molar-refractivity contribution >= 4 is 5.91 Å². The van der Waals surface area contributed by atoms with Crippen molar-refractivity contribution in [1.82, 2.24) is 10.6 Å². The van der Waals surface area contributed by atoms with Crippen LogP contribution in [0.15, 0.2) is 66.7 Å². The molecule has 31 heavy (non-hydrogen) atoms. The van der Waals surface area contributed by atoms with Gasteiger partial charge in [0.1, 0.15) is 11.6 Å². The maximum atomic E-state index is 13.1. The Bertz CT molecular complexity index is 882. The van der Waals surface area contributed by atoms with Gasteiger partial charge in [0.15, 0.2) is 0 Å². The van der Waals surface area contributed by atoms with Crippen LogP contribution in [-0.2, 0) is 0 Å². The highest BCUT2D eigenvalue weighted by Gasteiger charge is 2.10. The van der Waals surface area contributed by atoms with Gasteiger partial charge in [-0.15, -0.1) is 0 Å². The quantitative estimate of drug-likeness (QED) is 0.574. The fraction of sp³-hybridized carbons (Fsp3) is 0.240. The van der Waals surface area contributed by atoms with E-state index in [-0.39, 0.29) is 17.5 Å². The Kier molecular flexibility index (Phi) is 9.81. The summed E-state index contributed by atoms with van der Waals surface area (Å²) in [6.45, 7) is 2.50. The zero-order valence-corrected chi connectivity index (χ0v) is 17.9. The lowest BCUT2D eigenvalue weighted by molar-refractivity contribution is 0.0963. The Hall–Kier alpha value is -3.09. The van der Waals surface area contributed by atoms with E-state index in [9.17, 15) is 13.6 Å². The van der Waals surface area contributed by atoms with E-state index < -0.39 is 0 Å². The first-order chi connectivity index (χ1) is 15.1. The zero-order valence-electron chi connectivity index (χ0n) is 17.9. The predicted octanol–water partition coefficient (Wildman–Crippen LogP) is 4.60. The Morgan fingerprint density at radius 3 is 1.52 bits per heavy atom. The molecule has 1 amide bonds. The Morgan fingerprint density at radius 2 is 1.19 bits per heavy atom. The minimum Gasteiger partial charge on any atom is -0.355 e. The van der Waals surface area contributed by atoms with E-state index in [1.54, 1.807) is 43.4 Å². The molecule has 1 heterocycles. The van der Waals surface area contributed by atoms with Gasteiger partial charge in [-0.2, -0.15) is 0 Å². The van der Waals surface area contributed by atoms with Gasteiger partial charge in [0, 0.05) is 12.6 Å². The lowest BCUT2D eigenvalue weighted by atomic mass is 9.96. The van der Waals surface area contributed by atoms with Crippen LogP contribution in [0.2, 0.25) is 0 Å². The fourth-order valence-electron chi connectivity index (χ4n) is 3.15. The molecule has 0 atom stereocenters. The highest BCUT2D eigenvalue weighted by Crippen LogP contribution is 2.28. The summed E-state index contributed by atoms with van der Waals surface area (Å²) in [6, 6.07) is 17.5. The molecule has 0 aromatic heterocycles.